The van der Waals surface area contributed by atoms with Gasteiger partial charge in [-0.3, -0.25) is 4.79 Å². The molecule has 0 unspecified atom stereocenters. The lowest BCUT2D eigenvalue weighted by Crippen LogP contribution is -2.14. The van der Waals surface area contributed by atoms with Crippen molar-refractivity contribution in [2.75, 3.05) is 5.32 Å². The highest BCUT2D eigenvalue weighted by Gasteiger charge is 2.23. The third kappa shape index (κ3) is 3.40. The predicted octanol–water partition coefficient (Wildman–Crippen LogP) is 5.03. The smallest absolute Gasteiger partial charge is 0.256 e. The number of aromatic hydroxyl groups is 1. The fraction of sp³-hybridized carbons (Fsp3) is 0.190. The summed E-state index contributed by atoms with van der Waals surface area (Å²) in [5.41, 5.74) is 4.00. The molecule has 2 aromatic carbocycles. The van der Waals surface area contributed by atoms with E-state index in [1.54, 1.807) is 37.3 Å². The third-order valence-electron chi connectivity index (χ3n) is 4.35. The van der Waals surface area contributed by atoms with Crippen LogP contribution < -0.4 is 5.32 Å². The molecule has 1 amide bonds. The molecule has 24 heavy (non-hydrogen) atoms. The number of rotatable bonds is 5. The lowest BCUT2D eigenvalue weighted by Gasteiger charge is -2.12. The third-order valence-corrected chi connectivity index (χ3v) is 4.35. The van der Waals surface area contributed by atoms with Crippen LogP contribution in [0, 0.1) is 6.92 Å². The lowest BCUT2D eigenvalue weighted by atomic mass is 9.99. The predicted molar refractivity (Wildman–Crippen MR) is 98.4 cm³/mol. The maximum atomic E-state index is 12.6. The molecule has 122 valence electrons. The number of benzene rings is 2. The van der Waals surface area contributed by atoms with Crippen molar-refractivity contribution in [1.29, 1.82) is 0 Å². The zero-order valence-electron chi connectivity index (χ0n) is 13.8. The van der Waals surface area contributed by atoms with Gasteiger partial charge >= 0.3 is 0 Å². The van der Waals surface area contributed by atoms with Crippen molar-refractivity contribution < 1.29 is 9.90 Å². The number of allylic oxidation sites excluding steroid dienone is 2. The summed E-state index contributed by atoms with van der Waals surface area (Å²) in [5, 5.41) is 12.8. The Labute approximate surface area is 142 Å². The van der Waals surface area contributed by atoms with Gasteiger partial charge in [0.2, 0.25) is 0 Å². The van der Waals surface area contributed by atoms with Gasteiger partial charge in [0, 0.05) is 11.3 Å². The van der Waals surface area contributed by atoms with E-state index in [0.29, 0.717) is 22.6 Å². The molecule has 3 nitrogen and oxygen atoms in total. The van der Waals surface area contributed by atoms with Crippen LogP contribution in [-0.2, 0) is 0 Å². The van der Waals surface area contributed by atoms with Crippen molar-refractivity contribution in [3.05, 3.63) is 77.4 Å². The zero-order valence-corrected chi connectivity index (χ0v) is 13.8. The SMILES string of the molecule is C=C/C=C\c1c(C(=O)Nc2ccc(C3CC3)cc2)ccc(O)c1C. The average Bonchev–Trinajstić information content (AvgIpc) is 3.42. The Morgan fingerprint density at radius 1 is 1.21 bits per heavy atom. The van der Waals surface area contributed by atoms with E-state index >= 15 is 0 Å². The molecule has 1 aliphatic carbocycles. The van der Waals surface area contributed by atoms with Gasteiger partial charge in [0.05, 0.1) is 0 Å². The van der Waals surface area contributed by atoms with E-state index in [-0.39, 0.29) is 11.7 Å². The Hall–Kier alpha value is -2.81. The summed E-state index contributed by atoms with van der Waals surface area (Å²) in [4.78, 5) is 12.6. The number of carbonyl (C=O) groups excluding carboxylic acids is 1. The average molecular weight is 319 g/mol. The van der Waals surface area contributed by atoms with Gasteiger partial charge in [-0.05, 0) is 66.6 Å². The first-order valence-electron chi connectivity index (χ1n) is 8.13. The maximum Gasteiger partial charge on any atom is 0.256 e. The Kier molecular flexibility index (Phi) is 4.52. The van der Waals surface area contributed by atoms with Gasteiger partial charge in [0.1, 0.15) is 5.75 Å². The number of anilines is 1. The van der Waals surface area contributed by atoms with Gasteiger partial charge < -0.3 is 10.4 Å². The molecule has 0 atom stereocenters. The second-order valence-corrected chi connectivity index (χ2v) is 6.12. The van der Waals surface area contributed by atoms with Gasteiger partial charge in [0.25, 0.3) is 5.91 Å². The Bertz CT molecular complexity index is 799. The molecule has 0 spiro atoms. The van der Waals surface area contributed by atoms with E-state index in [1.165, 1.54) is 18.4 Å². The molecular weight excluding hydrogens is 298 g/mol. The Morgan fingerprint density at radius 2 is 1.92 bits per heavy atom. The number of phenolic OH excluding ortho intramolecular Hbond substituents is 1. The molecule has 1 aliphatic rings. The summed E-state index contributed by atoms with van der Waals surface area (Å²) in [7, 11) is 0. The lowest BCUT2D eigenvalue weighted by molar-refractivity contribution is 0.102. The molecule has 3 heteroatoms. The molecule has 0 bridgehead atoms. The molecule has 0 radical (unpaired) electrons. The van der Waals surface area contributed by atoms with Crippen LogP contribution in [0.15, 0.2) is 55.1 Å². The first-order valence-corrected chi connectivity index (χ1v) is 8.13. The minimum absolute atomic E-state index is 0.170. The fourth-order valence-electron chi connectivity index (χ4n) is 2.75. The summed E-state index contributed by atoms with van der Waals surface area (Å²) >= 11 is 0. The van der Waals surface area contributed by atoms with Gasteiger partial charge in [-0.2, -0.15) is 0 Å². The number of hydrogen-bond acceptors (Lipinski definition) is 2. The number of hydrogen-bond donors (Lipinski definition) is 2. The normalized spacial score (nSPS) is 13.9. The molecule has 0 heterocycles. The highest BCUT2D eigenvalue weighted by molar-refractivity contribution is 6.07. The molecule has 2 aromatic rings. The van der Waals surface area contributed by atoms with Crippen LogP contribution in [0.25, 0.3) is 6.08 Å². The second kappa shape index (κ2) is 6.75. The molecule has 0 aromatic heterocycles. The largest absolute Gasteiger partial charge is 0.508 e. The van der Waals surface area contributed by atoms with Gasteiger partial charge in [-0.1, -0.05) is 36.9 Å². The maximum absolute atomic E-state index is 12.6. The first-order chi connectivity index (χ1) is 11.6. The number of carbonyl (C=O) groups is 1. The van der Waals surface area contributed by atoms with Crippen LogP contribution in [0.2, 0.25) is 0 Å². The van der Waals surface area contributed by atoms with Gasteiger partial charge in [-0.15, -0.1) is 0 Å². The quantitative estimate of drug-likeness (QED) is 0.759. The second-order valence-electron chi connectivity index (χ2n) is 6.12. The summed E-state index contributed by atoms with van der Waals surface area (Å²) in [6, 6.07) is 11.2. The van der Waals surface area contributed by atoms with Crippen LogP contribution in [0.1, 0.15) is 45.8 Å². The minimum Gasteiger partial charge on any atom is -0.508 e. The van der Waals surface area contributed by atoms with Crippen molar-refractivity contribution in [3.8, 4) is 5.75 Å². The van der Waals surface area contributed by atoms with Gasteiger partial charge in [-0.25, -0.2) is 0 Å². The molecule has 1 fully saturated rings. The number of nitrogens with one attached hydrogen (secondary N) is 1. The van der Waals surface area contributed by atoms with E-state index in [0.717, 1.165) is 5.69 Å². The van der Waals surface area contributed by atoms with Crippen molar-refractivity contribution in [2.45, 2.75) is 25.7 Å². The van der Waals surface area contributed by atoms with Crippen LogP contribution in [0.4, 0.5) is 5.69 Å². The van der Waals surface area contributed by atoms with Crippen LogP contribution in [-0.4, -0.2) is 11.0 Å². The zero-order chi connectivity index (χ0) is 17.1. The Morgan fingerprint density at radius 3 is 2.54 bits per heavy atom. The van der Waals surface area contributed by atoms with E-state index in [4.69, 9.17) is 0 Å². The summed E-state index contributed by atoms with van der Waals surface area (Å²) < 4.78 is 0. The van der Waals surface area contributed by atoms with Crippen molar-refractivity contribution in [3.63, 3.8) is 0 Å². The van der Waals surface area contributed by atoms with Crippen LogP contribution >= 0.6 is 0 Å². The summed E-state index contributed by atoms with van der Waals surface area (Å²) in [6.07, 6.45) is 7.70. The molecule has 1 saturated carbocycles. The minimum atomic E-state index is -0.194. The fourth-order valence-corrected chi connectivity index (χ4v) is 2.75. The van der Waals surface area contributed by atoms with Crippen molar-refractivity contribution in [1.82, 2.24) is 0 Å². The monoisotopic (exact) mass is 319 g/mol. The number of amides is 1. The van der Waals surface area contributed by atoms with Crippen LogP contribution in [0.5, 0.6) is 5.75 Å². The van der Waals surface area contributed by atoms with Crippen molar-refractivity contribution in [2.24, 2.45) is 0 Å². The van der Waals surface area contributed by atoms with Gasteiger partial charge in [0.15, 0.2) is 0 Å². The van der Waals surface area contributed by atoms with Crippen molar-refractivity contribution >= 4 is 17.7 Å². The van der Waals surface area contributed by atoms with E-state index < -0.39 is 0 Å². The summed E-state index contributed by atoms with van der Waals surface area (Å²) in [5.74, 6) is 0.676. The van der Waals surface area contributed by atoms with Crippen LogP contribution in [0.3, 0.4) is 0 Å². The molecular formula is C21H21NO2. The summed E-state index contributed by atoms with van der Waals surface area (Å²) in [6.45, 7) is 5.44. The molecule has 0 aliphatic heterocycles. The van der Waals surface area contributed by atoms with E-state index in [2.05, 4.69) is 24.0 Å². The molecule has 2 N–H and O–H groups in total. The topological polar surface area (TPSA) is 49.3 Å². The number of phenols is 1. The van der Waals surface area contributed by atoms with E-state index in [1.807, 2.05) is 12.1 Å². The molecule has 0 saturated heterocycles. The van der Waals surface area contributed by atoms with E-state index in [9.17, 15) is 9.90 Å². The standard InChI is InChI=1S/C21H21NO2/c1-3-4-5-18-14(2)20(23)13-12-19(18)21(24)22-17-10-8-16(9-11-17)15-6-7-15/h3-5,8-13,15,23H,1,6-7H2,2H3,(H,22,24)/b5-4-. The first kappa shape index (κ1) is 16.1. The Balaban J connectivity index is 1.84. The highest BCUT2D eigenvalue weighted by Crippen LogP contribution is 2.40. The highest BCUT2D eigenvalue weighted by atomic mass is 16.3. The molecule has 3 rings (SSSR count).